The van der Waals surface area contributed by atoms with Gasteiger partial charge in [0.15, 0.2) is 0 Å². The molecule has 2 atom stereocenters. The summed E-state index contributed by atoms with van der Waals surface area (Å²) in [5, 5.41) is 8.79. The molecule has 0 aliphatic rings. The highest BCUT2D eigenvalue weighted by molar-refractivity contribution is 7.10. The fraction of sp³-hybridized carbons (Fsp3) is 0.227. The zero-order chi connectivity index (χ0) is 21.0. The summed E-state index contributed by atoms with van der Waals surface area (Å²) in [5.74, 6) is -0.0159. The van der Waals surface area contributed by atoms with Gasteiger partial charge in [0.05, 0.1) is 24.9 Å². The van der Waals surface area contributed by atoms with Crippen LogP contribution in [0.5, 0.6) is 5.75 Å². The van der Waals surface area contributed by atoms with Gasteiger partial charge in [0.25, 0.3) is 0 Å². The van der Waals surface area contributed by atoms with Crippen molar-refractivity contribution < 1.29 is 13.9 Å². The summed E-state index contributed by atoms with van der Waals surface area (Å²) >= 11 is 7.71. The molecule has 0 saturated heterocycles. The maximum Gasteiger partial charge on any atom is 0.241 e. The van der Waals surface area contributed by atoms with E-state index in [2.05, 4.69) is 10.6 Å². The normalized spacial score (nSPS) is 13.0. The molecule has 3 aromatic rings. The Labute approximate surface area is 178 Å². The molecule has 0 fully saturated rings. The molecule has 3 rings (SSSR count). The number of carbonyl (C=O) groups excluding carboxylic acids is 1. The van der Waals surface area contributed by atoms with Gasteiger partial charge >= 0.3 is 0 Å². The standard InChI is InChI=1S/C22H22ClFN2O2S/c1-13-11-18(19(28-3)12-17(13)23)26-22(27)14(2)25-21(20-5-4-10-29-20)15-6-8-16(24)9-7-15/h4-12,14,21,25H,1-3H3,(H,26,27)/t14-,21-/m1/s1. The molecular weight excluding hydrogens is 411 g/mol. The highest BCUT2D eigenvalue weighted by Crippen LogP contribution is 2.31. The van der Waals surface area contributed by atoms with Crippen molar-refractivity contribution in [3.05, 3.63) is 80.8 Å². The quantitative estimate of drug-likeness (QED) is 0.513. The molecule has 0 radical (unpaired) electrons. The summed E-state index contributed by atoms with van der Waals surface area (Å²) in [6.45, 7) is 3.65. The average molecular weight is 433 g/mol. The first-order chi connectivity index (χ1) is 13.9. The van der Waals surface area contributed by atoms with Crippen molar-refractivity contribution in [1.82, 2.24) is 5.32 Å². The van der Waals surface area contributed by atoms with E-state index in [0.29, 0.717) is 16.5 Å². The Morgan fingerprint density at radius 3 is 2.55 bits per heavy atom. The number of hydrogen-bond acceptors (Lipinski definition) is 4. The van der Waals surface area contributed by atoms with Crippen molar-refractivity contribution >= 4 is 34.5 Å². The van der Waals surface area contributed by atoms with Crippen LogP contribution in [0.3, 0.4) is 0 Å². The molecule has 0 bridgehead atoms. The summed E-state index contributed by atoms with van der Waals surface area (Å²) in [6, 6.07) is 12.9. The molecule has 0 aliphatic carbocycles. The van der Waals surface area contributed by atoms with Gasteiger partial charge in [-0.05, 0) is 54.6 Å². The first kappa shape index (κ1) is 21.3. The largest absolute Gasteiger partial charge is 0.495 e. The molecule has 152 valence electrons. The number of amides is 1. The lowest BCUT2D eigenvalue weighted by Gasteiger charge is -2.23. The Kier molecular flexibility index (Phi) is 6.90. The first-order valence-corrected chi connectivity index (χ1v) is 10.3. The monoisotopic (exact) mass is 432 g/mol. The van der Waals surface area contributed by atoms with Gasteiger partial charge in [0, 0.05) is 16.0 Å². The fourth-order valence-electron chi connectivity index (χ4n) is 2.95. The van der Waals surface area contributed by atoms with Gasteiger partial charge in [0.2, 0.25) is 5.91 Å². The number of halogens is 2. The van der Waals surface area contributed by atoms with Crippen LogP contribution in [0.15, 0.2) is 53.9 Å². The number of rotatable bonds is 7. The number of hydrogen-bond donors (Lipinski definition) is 2. The fourth-order valence-corrected chi connectivity index (χ4v) is 3.92. The van der Waals surface area contributed by atoms with E-state index >= 15 is 0 Å². The Morgan fingerprint density at radius 2 is 1.93 bits per heavy atom. The maximum absolute atomic E-state index is 13.4. The number of thiophene rings is 1. The topological polar surface area (TPSA) is 50.4 Å². The van der Waals surface area contributed by atoms with E-state index in [1.807, 2.05) is 24.4 Å². The lowest BCUT2D eigenvalue weighted by molar-refractivity contribution is -0.117. The lowest BCUT2D eigenvalue weighted by atomic mass is 10.0. The third kappa shape index (κ3) is 5.15. The van der Waals surface area contributed by atoms with Crippen molar-refractivity contribution in [3.63, 3.8) is 0 Å². The van der Waals surface area contributed by atoms with Crippen molar-refractivity contribution in [3.8, 4) is 5.75 Å². The summed E-state index contributed by atoms with van der Waals surface area (Å²) in [7, 11) is 1.53. The predicted molar refractivity (Wildman–Crippen MR) is 117 cm³/mol. The van der Waals surface area contributed by atoms with Gasteiger partial charge in [-0.1, -0.05) is 29.8 Å². The van der Waals surface area contributed by atoms with Crippen LogP contribution in [-0.2, 0) is 4.79 Å². The van der Waals surface area contributed by atoms with E-state index < -0.39 is 6.04 Å². The zero-order valence-corrected chi connectivity index (χ0v) is 17.9. The number of aryl methyl sites for hydroxylation is 1. The van der Waals surface area contributed by atoms with E-state index in [1.54, 1.807) is 42.5 Å². The molecule has 2 N–H and O–H groups in total. The van der Waals surface area contributed by atoms with E-state index in [0.717, 1.165) is 16.0 Å². The zero-order valence-electron chi connectivity index (χ0n) is 16.3. The van der Waals surface area contributed by atoms with Crippen LogP contribution in [0.2, 0.25) is 5.02 Å². The summed E-state index contributed by atoms with van der Waals surface area (Å²) in [5.41, 5.74) is 2.28. The molecule has 1 amide bonds. The second-order valence-electron chi connectivity index (χ2n) is 6.68. The van der Waals surface area contributed by atoms with Gasteiger partial charge < -0.3 is 10.1 Å². The van der Waals surface area contributed by atoms with Gasteiger partial charge in [-0.2, -0.15) is 0 Å². The van der Waals surface area contributed by atoms with Gasteiger partial charge in [-0.15, -0.1) is 11.3 Å². The van der Waals surface area contributed by atoms with Crippen LogP contribution in [0.1, 0.15) is 29.0 Å². The van der Waals surface area contributed by atoms with Crippen LogP contribution in [0, 0.1) is 12.7 Å². The van der Waals surface area contributed by atoms with Crippen molar-refractivity contribution in [1.29, 1.82) is 0 Å². The summed E-state index contributed by atoms with van der Waals surface area (Å²) in [6.07, 6.45) is 0. The van der Waals surface area contributed by atoms with Gasteiger partial charge in [-0.3, -0.25) is 10.1 Å². The second kappa shape index (κ2) is 9.39. The molecular formula is C22H22ClFN2O2S. The Bertz CT molecular complexity index is 977. The minimum atomic E-state index is -0.521. The molecule has 1 aromatic heterocycles. The van der Waals surface area contributed by atoms with E-state index in [9.17, 15) is 9.18 Å². The molecule has 0 saturated carbocycles. The molecule has 0 spiro atoms. The SMILES string of the molecule is COc1cc(Cl)c(C)cc1NC(=O)[C@@H](C)N[C@H](c1ccc(F)cc1)c1cccs1. The molecule has 0 aliphatic heterocycles. The molecule has 1 heterocycles. The van der Waals surface area contributed by atoms with Crippen molar-refractivity contribution in [2.24, 2.45) is 0 Å². The second-order valence-corrected chi connectivity index (χ2v) is 8.07. The van der Waals surface area contributed by atoms with Crippen LogP contribution in [0.25, 0.3) is 0 Å². The highest BCUT2D eigenvalue weighted by Gasteiger charge is 2.22. The molecule has 29 heavy (non-hydrogen) atoms. The van der Waals surface area contributed by atoms with E-state index in [-0.39, 0.29) is 17.8 Å². The third-order valence-corrected chi connectivity index (χ3v) is 5.92. The van der Waals surface area contributed by atoms with Gasteiger partial charge in [-0.25, -0.2) is 4.39 Å². The smallest absolute Gasteiger partial charge is 0.241 e. The van der Waals surface area contributed by atoms with Gasteiger partial charge in [0.1, 0.15) is 11.6 Å². The number of nitrogens with one attached hydrogen (secondary N) is 2. The van der Waals surface area contributed by atoms with Crippen molar-refractivity contribution in [2.45, 2.75) is 25.9 Å². The summed E-state index contributed by atoms with van der Waals surface area (Å²) in [4.78, 5) is 13.9. The minimum absolute atomic E-state index is 0.214. The van der Waals surface area contributed by atoms with Crippen LogP contribution < -0.4 is 15.4 Å². The molecule has 2 aromatic carbocycles. The molecule has 0 unspecified atom stereocenters. The summed E-state index contributed by atoms with van der Waals surface area (Å²) < 4.78 is 18.7. The van der Waals surface area contributed by atoms with E-state index in [1.165, 1.54) is 19.2 Å². The number of carbonyl (C=O) groups is 1. The highest BCUT2D eigenvalue weighted by atomic mass is 35.5. The molecule has 4 nitrogen and oxygen atoms in total. The first-order valence-electron chi connectivity index (χ1n) is 9.09. The Balaban J connectivity index is 1.79. The number of ether oxygens (including phenoxy) is 1. The lowest BCUT2D eigenvalue weighted by Crippen LogP contribution is -2.40. The average Bonchev–Trinajstić information content (AvgIpc) is 3.23. The Morgan fingerprint density at radius 1 is 1.21 bits per heavy atom. The third-order valence-electron chi connectivity index (χ3n) is 4.58. The minimum Gasteiger partial charge on any atom is -0.495 e. The van der Waals surface area contributed by atoms with Crippen LogP contribution >= 0.6 is 22.9 Å². The number of methoxy groups -OCH3 is 1. The van der Waals surface area contributed by atoms with E-state index in [4.69, 9.17) is 16.3 Å². The number of anilines is 1. The van der Waals surface area contributed by atoms with Crippen LogP contribution in [0.4, 0.5) is 10.1 Å². The van der Waals surface area contributed by atoms with Crippen LogP contribution in [-0.4, -0.2) is 19.1 Å². The predicted octanol–water partition coefficient (Wildman–Crippen LogP) is 5.56. The maximum atomic E-state index is 13.4. The number of benzene rings is 2. The Hall–Kier alpha value is -2.41. The molecule has 7 heteroatoms. The van der Waals surface area contributed by atoms with Crippen molar-refractivity contribution in [2.75, 3.05) is 12.4 Å².